The molecule has 0 saturated heterocycles. The Morgan fingerprint density at radius 3 is 2.89 bits per heavy atom. The molecule has 1 N–H and O–H groups in total. The molecule has 0 atom stereocenters. The molecule has 2 heterocycles. The number of carbonyl (C=O) groups is 1. The van der Waals surface area contributed by atoms with E-state index in [1.165, 1.54) is 11.8 Å². The van der Waals surface area contributed by atoms with Crippen LogP contribution in [0.4, 0.5) is 5.69 Å². The monoisotopic (exact) mass is 397 g/mol. The summed E-state index contributed by atoms with van der Waals surface area (Å²) in [4.78, 5) is 29.5. The summed E-state index contributed by atoms with van der Waals surface area (Å²) in [7, 11) is 0. The van der Waals surface area contributed by atoms with Gasteiger partial charge in [0.2, 0.25) is 12.7 Å². The van der Waals surface area contributed by atoms with Crippen LogP contribution in [0, 0.1) is 0 Å². The summed E-state index contributed by atoms with van der Waals surface area (Å²) < 4.78 is 12.2. The van der Waals surface area contributed by atoms with Crippen LogP contribution in [0.5, 0.6) is 11.5 Å². The van der Waals surface area contributed by atoms with E-state index in [0.29, 0.717) is 52.0 Å². The van der Waals surface area contributed by atoms with E-state index >= 15 is 0 Å². The van der Waals surface area contributed by atoms with E-state index in [2.05, 4.69) is 10.3 Å². The Kier molecular flexibility index (Phi) is 5.21. The van der Waals surface area contributed by atoms with E-state index in [4.69, 9.17) is 9.47 Å². The van der Waals surface area contributed by atoms with Crippen LogP contribution in [-0.4, -0.2) is 28.0 Å². The molecular weight excluding hydrogens is 378 g/mol. The molecule has 1 aromatic heterocycles. The van der Waals surface area contributed by atoms with Crippen molar-refractivity contribution in [2.75, 3.05) is 17.9 Å². The number of rotatable bonds is 6. The highest BCUT2D eigenvalue weighted by molar-refractivity contribution is 7.99. The van der Waals surface area contributed by atoms with Gasteiger partial charge in [0.25, 0.3) is 5.56 Å². The second-order valence-corrected chi connectivity index (χ2v) is 7.24. The number of nitrogens with one attached hydrogen (secondary N) is 1. The Bertz CT molecular complexity index is 1100. The average molecular weight is 397 g/mol. The highest BCUT2D eigenvalue weighted by Crippen LogP contribution is 2.34. The van der Waals surface area contributed by atoms with Gasteiger partial charge in [0.1, 0.15) is 0 Å². The second kappa shape index (κ2) is 7.93. The summed E-state index contributed by atoms with van der Waals surface area (Å²) >= 11 is 1.41. The number of hydrogen-bond donors (Lipinski definition) is 1. The summed E-state index contributed by atoms with van der Waals surface area (Å²) in [6.45, 7) is 2.64. The van der Waals surface area contributed by atoms with Crippen LogP contribution < -0.4 is 20.3 Å². The molecule has 0 bridgehead atoms. The van der Waals surface area contributed by atoms with Gasteiger partial charge in [0.05, 0.1) is 10.9 Å². The van der Waals surface area contributed by atoms with E-state index in [1.54, 1.807) is 28.8 Å². The number of hydrogen-bond acceptors (Lipinski definition) is 6. The zero-order chi connectivity index (χ0) is 19.5. The number of carbonyl (C=O) groups excluding carboxylic acids is 1. The van der Waals surface area contributed by atoms with Gasteiger partial charge in [0, 0.05) is 30.5 Å². The third-order valence-electron chi connectivity index (χ3n) is 4.36. The number of anilines is 1. The van der Waals surface area contributed by atoms with Crippen LogP contribution >= 0.6 is 11.8 Å². The Hall–Kier alpha value is -3.00. The molecule has 0 fully saturated rings. The molecule has 0 saturated carbocycles. The van der Waals surface area contributed by atoms with Crippen LogP contribution in [-0.2, 0) is 11.3 Å². The van der Waals surface area contributed by atoms with E-state index in [-0.39, 0.29) is 18.3 Å². The molecule has 1 amide bonds. The first kappa shape index (κ1) is 18.4. The van der Waals surface area contributed by atoms with Crippen molar-refractivity contribution in [3.63, 3.8) is 0 Å². The zero-order valence-corrected chi connectivity index (χ0v) is 16.1. The average Bonchev–Trinajstić information content (AvgIpc) is 3.16. The van der Waals surface area contributed by atoms with Crippen LogP contribution in [0.3, 0.4) is 0 Å². The molecule has 4 rings (SSSR count). The zero-order valence-electron chi connectivity index (χ0n) is 15.3. The van der Waals surface area contributed by atoms with Gasteiger partial charge in [-0.25, -0.2) is 4.98 Å². The lowest BCUT2D eigenvalue weighted by molar-refractivity contribution is -0.115. The number of thioether (sulfide) groups is 1. The second-order valence-electron chi connectivity index (χ2n) is 6.18. The summed E-state index contributed by atoms with van der Waals surface area (Å²) in [5.41, 5.74) is 1.28. The van der Waals surface area contributed by atoms with Gasteiger partial charge in [-0.3, -0.25) is 14.2 Å². The molecule has 2 aromatic carbocycles. The van der Waals surface area contributed by atoms with E-state index in [9.17, 15) is 9.59 Å². The smallest absolute Gasteiger partial charge is 0.262 e. The van der Waals surface area contributed by atoms with Crippen molar-refractivity contribution in [3.05, 3.63) is 52.8 Å². The summed E-state index contributed by atoms with van der Waals surface area (Å²) in [6.07, 6.45) is 0.297. The van der Waals surface area contributed by atoms with E-state index in [0.717, 1.165) is 0 Å². The molecule has 1 aliphatic heterocycles. The minimum atomic E-state index is -0.113. The topological polar surface area (TPSA) is 82.5 Å². The van der Waals surface area contributed by atoms with Gasteiger partial charge < -0.3 is 14.8 Å². The molecule has 3 aromatic rings. The highest BCUT2D eigenvalue weighted by Gasteiger charge is 2.15. The third kappa shape index (κ3) is 3.68. The standard InChI is InChI=1S/C20H19N3O4S/c1-2-23-19(25)14-5-3-4-6-15(14)22-20(23)28-10-9-18(24)21-13-7-8-16-17(11-13)27-12-26-16/h3-8,11H,2,9-10,12H2,1H3,(H,21,24). The quantitative estimate of drug-likeness (QED) is 0.508. The Morgan fingerprint density at radius 1 is 1.21 bits per heavy atom. The summed E-state index contributed by atoms with van der Waals surface area (Å²) in [5.74, 6) is 1.70. The number of ether oxygens (including phenoxy) is 2. The molecule has 8 heteroatoms. The molecule has 1 aliphatic rings. The Labute approximate surface area is 165 Å². The molecule has 28 heavy (non-hydrogen) atoms. The molecule has 0 unspecified atom stereocenters. The predicted octanol–water partition coefficient (Wildman–Crippen LogP) is 3.27. The third-order valence-corrected chi connectivity index (χ3v) is 5.34. The molecule has 0 spiro atoms. The fraction of sp³-hybridized carbons (Fsp3) is 0.250. The minimum Gasteiger partial charge on any atom is -0.454 e. The van der Waals surface area contributed by atoms with Crippen molar-refractivity contribution in [2.24, 2.45) is 0 Å². The van der Waals surface area contributed by atoms with Gasteiger partial charge in [-0.2, -0.15) is 0 Å². The number of para-hydroxylation sites is 1. The predicted molar refractivity (Wildman–Crippen MR) is 108 cm³/mol. The van der Waals surface area contributed by atoms with E-state index in [1.807, 2.05) is 25.1 Å². The fourth-order valence-corrected chi connectivity index (χ4v) is 3.97. The van der Waals surface area contributed by atoms with Crippen molar-refractivity contribution >= 4 is 34.3 Å². The van der Waals surface area contributed by atoms with Crippen LogP contribution in [0.1, 0.15) is 13.3 Å². The Balaban J connectivity index is 1.41. The SMILES string of the molecule is CCn1c(SCCC(=O)Nc2ccc3c(c2)OCO3)nc2ccccc2c1=O. The van der Waals surface area contributed by atoms with Crippen molar-refractivity contribution < 1.29 is 14.3 Å². The van der Waals surface area contributed by atoms with Crippen LogP contribution in [0.15, 0.2) is 52.4 Å². The fourth-order valence-electron chi connectivity index (χ4n) is 2.97. The molecule has 144 valence electrons. The first-order valence-electron chi connectivity index (χ1n) is 8.97. The van der Waals surface area contributed by atoms with Gasteiger partial charge >= 0.3 is 0 Å². The van der Waals surface area contributed by atoms with Crippen LogP contribution in [0.2, 0.25) is 0 Å². The van der Waals surface area contributed by atoms with Gasteiger partial charge in [-0.15, -0.1) is 0 Å². The molecule has 0 aliphatic carbocycles. The largest absolute Gasteiger partial charge is 0.454 e. The lowest BCUT2D eigenvalue weighted by Gasteiger charge is -2.11. The van der Waals surface area contributed by atoms with Crippen molar-refractivity contribution in [1.82, 2.24) is 9.55 Å². The highest BCUT2D eigenvalue weighted by atomic mass is 32.2. The normalized spacial score (nSPS) is 12.3. The summed E-state index contributed by atoms with van der Waals surface area (Å²) in [6, 6.07) is 12.6. The van der Waals surface area contributed by atoms with Crippen molar-refractivity contribution in [2.45, 2.75) is 25.0 Å². The minimum absolute atomic E-state index is 0.0552. The number of benzene rings is 2. The van der Waals surface area contributed by atoms with Crippen molar-refractivity contribution in [3.8, 4) is 11.5 Å². The lowest BCUT2D eigenvalue weighted by atomic mass is 10.2. The first-order chi connectivity index (χ1) is 13.7. The number of amides is 1. The van der Waals surface area contributed by atoms with Gasteiger partial charge in [0.15, 0.2) is 16.7 Å². The van der Waals surface area contributed by atoms with Crippen molar-refractivity contribution in [1.29, 1.82) is 0 Å². The number of fused-ring (bicyclic) bond motifs is 2. The molecular formula is C20H19N3O4S. The number of aromatic nitrogens is 2. The van der Waals surface area contributed by atoms with Gasteiger partial charge in [-0.1, -0.05) is 23.9 Å². The summed E-state index contributed by atoms with van der Waals surface area (Å²) in [5, 5.41) is 4.08. The van der Waals surface area contributed by atoms with E-state index < -0.39 is 0 Å². The van der Waals surface area contributed by atoms with Crippen LogP contribution in [0.25, 0.3) is 10.9 Å². The first-order valence-corrected chi connectivity index (χ1v) is 9.96. The maximum absolute atomic E-state index is 12.6. The maximum Gasteiger partial charge on any atom is 0.262 e. The lowest BCUT2D eigenvalue weighted by Crippen LogP contribution is -2.22. The molecule has 7 nitrogen and oxygen atoms in total. The Morgan fingerprint density at radius 2 is 2.04 bits per heavy atom. The van der Waals surface area contributed by atoms with Gasteiger partial charge in [-0.05, 0) is 31.2 Å². The molecule has 0 radical (unpaired) electrons. The maximum atomic E-state index is 12.6. The number of nitrogens with zero attached hydrogens (tertiary/aromatic N) is 2.